The molecule has 11 heteroatoms. The first-order valence-electron chi connectivity index (χ1n) is 7.57. The Morgan fingerprint density at radius 1 is 1.22 bits per heavy atom. The van der Waals surface area contributed by atoms with Crippen LogP contribution in [0.2, 0.25) is 5.02 Å². The third-order valence-electron chi connectivity index (χ3n) is 3.50. The maximum Gasteiger partial charge on any atom is 0.435 e. The molecule has 0 aliphatic rings. The summed E-state index contributed by atoms with van der Waals surface area (Å²) < 4.78 is 52.9. The van der Waals surface area contributed by atoms with Gasteiger partial charge in [0.05, 0.1) is 18.4 Å². The van der Waals surface area contributed by atoms with Crippen LogP contribution in [0.1, 0.15) is 11.3 Å². The van der Waals surface area contributed by atoms with E-state index in [2.05, 4.69) is 15.5 Å². The monoisotopic (exact) mass is 401 g/mol. The molecular formula is C16H12ClF4N5O. The van der Waals surface area contributed by atoms with Gasteiger partial charge in [-0.05, 0) is 23.8 Å². The lowest BCUT2D eigenvalue weighted by atomic mass is 10.2. The fourth-order valence-corrected chi connectivity index (χ4v) is 2.51. The van der Waals surface area contributed by atoms with Crippen molar-refractivity contribution >= 4 is 23.2 Å². The Balaban J connectivity index is 1.60. The van der Waals surface area contributed by atoms with Crippen molar-refractivity contribution in [2.45, 2.75) is 19.3 Å². The van der Waals surface area contributed by atoms with Crippen molar-refractivity contribution in [2.75, 3.05) is 5.32 Å². The molecule has 3 aromatic rings. The number of aromatic nitrogens is 4. The smallest absolute Gasteiger partial charge is 0.322 e. The highest BCUT2D eigenvalue weighted by atomic mass is 35.5. The average Bonchev–Trinajstić information content (AvgIpc) is 3.19. The lowest BCUT2D eigenvalue weighted by Crippen LogP contribution is -2.19. The van der Waals surface area contributed by atoms with Crippen molar-refractivity contribution in [1.29, 1.82) is 0 Å². The lowest BCUT2D eigenvalue weighted by Gasteiger charge is -2.05. The zero-order valence-electron chi connectivity index (χ0n) is 13.5. The minimum atomic E-state index is -4.56. The summed E-state index contributed by atoms with van der Waals surface area (Å²) in [6.07, 6.45) is -0.603. The number of benzene rings is 1. The summed E-state index contributed by atoms with van der Waals surface area (Å²) in [5, 5.41) is 10.1. The molecule has 1 aromatic carbocycles. The maximum absolute atomic E-state index is 13.1. The molecule has 0 aliphatic carbocycles. The maximum atomic E-state index is 13.1. The Labute approximate surface area is 155 Å². The number of anilines is 1. The van der Waals surface area contributed by atoms with Crippen LogP contribution in [0.3, 0.4) is 0 Å². The van der Waals surface area contributed by atoms with Crippen LogP contribution < -0.4 is 5.32 Å². The zero-order chi connectivity index (χ0) is 19.6. The van der Waals surface area contributed by atoms with E-state index in [1.165, 1.54) is 35.3 Å². The molecular weight excluding hydrogens is 390 g/mol. The number of alkyl halides is 3. The molecule has 1 N–H and O–H groups in total. The number of hydrogen-bond donors (Lipinski definition) is 1. The van der Waals surface area contributed by atoms with Crippen LogP contribution in [0.4, 0.5) is 23.2 Å². The molecule has 2 heterocycles. The van der Waals surface area contributed by atoms with Gasteiger partial charge in [0, 0.05) is 17.4 Å². The van der Waals surface area contributed by atoms with Crippen molar-refractivity contribution < 1.29 is 22.4 Å². The van der Waals surface area contributed by atoms with Gasteiger partial charge in [0.1, 0.15) is 12.4 Å². The molecule has 0 radical (unpaired) electrons. The van der Waals surface area contributed by atoms with Gasteiger partial charge in [0.25, 0.3) is 0 Å². The average molecular weight is 402 g/mol. The van der Waals surface area contributed by atoms with E-state index in [0.717, 1.165) is 16.9 Å². The first-order chi connectivity index (χ1) is 12.7. The Bertz CT molecular complexity index is 966. The third kappa shape index (κ3) is 4.85. The van der Waals surface area contributed by atoms with Gasteiger partial charge in [-0.3, -0.25) is 14.2 Å². The van der Waals surface area contributed by atoms with E-state index < -0.39 is 23.6 Å². The first kappa shape index (κ1) is 18.9. The van der Waals surface area contributed by atoms with Crippen molar-refractivity contribution in [1.82, 2.24) is 19.6 Å². The third-order valence-corrected chi connectivity index (χ3v) is 3.85. The van der Waals surface area contributed by atoms with E-state index >= 15 is 0 Å². The molecule has 0 spiro atoms. The molecule has 0 saturated carbocycles. The molecule has 27 heavy (non-hydrogen) atoms. The molecule has 0 aliphatic heterocycles. The number of amides is 1. The number of carbonyl (C=O) groups is 1. The molecule has 0 atom stereocenters. The number of hydrogen-bond acceptors (Lipinski definition) is 3. The minimum Gasteiger partial charge on any atom is -0.322 e. The van der Waals surface area contributed by atoms with Gasteiger partial charge in [0.15, 0.2) is 5.69 Å². The zero-order valence-corrected chi connectivity index (χ0v) is 14.3. The number of rotatable bonds is 5. The highest BCUT2D eigenvalue weighted by molar-refractivity contribution is 6.31. The van der Waals surface area contributed by atoms with Gasteiger partial charge in [-0.15, -0.1) is 0 Å². The highest BCUT2D eigenvalue weighted by Crippen LogP contribution is 2.27. The van der Waals surface area contributed by atoms with Gasteiger partial charge in [-0.2, -0.15) is 23.4 Å². The Morgan fingerprint density at radius 2 is 2.00 bits per heavy atom. The summed E-state index contributed by atoms with van der Waals surface area (Å²) in [7, 11) is 0. The number of nitrogens with zero attached hydrogens (tertiary/aromatic N) is 4. The second-order valence-corrected chi connectivity index (χ2v) is 6.01. The van der Waals surface area contributed by atoms with Crippen LogP contribution in [0, 0.1) is 5.82 Å². The Hall–Kier alpha value is -2.88. The quantitative estimate of drug-likeness (QED) is 0.665. The van der Waals surface area contributed by atoms with Gasteiger partial charge in [-0.1, -0.05) is 17.7 Å². The molecule has 1 amide bonds. The fourth-order valence-electron chi connectivity index (χ4n) is 2.29. The summed E-state index contributed by atoms with van der Waals surface area (Å²) in [5.41, 5.74) is -0.0870. The van der Waals surface area contributed by atoms with E-state index in [-0.39, 0.29) is 18.1 Å². The topological polar surface area (TPSA) is 64.7 Å². The molecule has 3 rings (SSSR count). The number of nitrogens with one attached hydrogen (secondary N) is 1. The summed E-state index contributed by atoms with van der Waals surface area (Å²) >= 11 is 5.95. The highest BCUT2D eigenvalue weighted by Gasteiger charge is 2.33. The second-order valence-electron chi connectivity index (χ2n) is 5.61. The van der Waals surface area contributed by atoms with E-state index in [1.807, 2.05) is 0 Å². The Kier molecular flexibility index (Phi) is 5.17. The molecule has 142 valence electrons. The SMILES string of the molecule is O=C(Cn1ccc(C(F)(F)F)n1)Nc1cnn(Cc2ccc(F)cc2Cl)c1. The molecule has 0 saturated heterocycles. The molecule has 0 fully saturated rings. The molecule has 0 bridgehead atoms. The van der Waals surface area contributed by atoms with Gasteiger partial charge in [0.2, 0.25) is 5.91 Å². The van der Waals surface area contributed by atoms with Gasteiger partial charge >= 0.3 is 6.18 Å². The lowest BCUT2D eigenvalue weighted by molar-refractivity contribution is -0.141. The van der Waals surface area contributed by atoms with Gasteiger partial charge in [-0.25, -0.2) is 4.39 Å². The predicted molar refractivity (Wildman–Crippen MR) is 88.6 cm³/mol. The van der Waals surface area contributed by atoms with E-state index in [1.54, 1.807) is 0 Å². The van der Waals surface area contributed by atoms with Crippen molar-refractivity contribution in [3.63, 3.8) is 0 Å². The first-order valence-corrected chi connectivity index (χ1v) is 7.95. The molecule has 6 nitrogen and oxygen atoms in total. The Morgan fingerprint density at radius 3 is 2.67 bits per heavy atom. The van der Waals surface area contributed by atoms with Crippen LogP contribution >= 0.6 is 11.6 Å². The van der Waals surface area contributed by atoms with Crippen molar-refractivity contribution in [3.8, 4) is 0 Å². The van der Waals surface area contributed by atoms with E-state index in [4.69, 9.17) is 11.6 Å². The summed E-state index contributed by atoms with van der Waals surface area (Å²) in [6, 6.07) is 4.76. The normalized spacial score (nSPS) is 11.6. The minimum absolute atomic E-state index is 0.246. The fraction of sp³-hybridized carbons (Fsp3) is 0.188. The van der Waals surface area contributed by atoms with Gasteiger partial charge < -0.3 is 5.32 Å². The van der Waals surface area contributed by atoms with Crippen LogP contribution in [-0.4, -0.2) is 25.5 Å². The van der Waals surface area contributed by atoms with Crippen molar-refractivity contribution in [2.24, 2.45) is 0 Å². The summed E-state index contributed by atoms with van der Waals surface area (Å²) in [4.78, 5) is 11.9. The standard InChI is InChI=1S/C16H12ClF4N5O/c17-13-5-11(18)2-1-10(13)7-26-8-12(6-22-26)23-15(27)9-25-4-3-14(24-25)16(19,20)21/h1-6,8H,7,9H2,(H,23,27). The number of halogens is 5. The largest absolute Gasteiger partial charge is 0.435 e. The van der Waals surface area contributed by atoms with Crippen LogP contribution in [0.5, 0.6) is 0 Å². The van der Waals surface area contributed by atoms with Crippen LogP contribution in [0.15, 0.2) is 42.9 Å². The summed E-state index contributed by atoms with van der Waals surface area (Å²) in [5.74, 6) is -1.02. The number of carbonyl (C=O) groups excluding carboxylic acids is 1. The van der Waals surface area contributed by atoms with Crippen LogP contribution in [-0.2, 0) is 24.1 Å². The summed E-state index contributed by atoms with van der Waals surface area (Å²) in [6.45, 7) is -0.131. The molecule has 0 unspecified atom stereocenters. The van der Waals surface area contributed by atoms with Crippen molar-refractivity contribution in [3.05, 3.63) is 65.0 Å². The predicted octanol–water partition coefficient (Wildman–Crippen LogP) is 3.58. The molecule has 2 aromatic heterocycles. The van der Waals surface area contributed by atoms with E-state index in [9.17, 15) is 22.4 Å². The van der Waals surface area contributed by atoms with Crippen LogP contribution in [0.25, 0.3) is 0 Å². The second kappa shape index (κ2) is 7.39. The van der Waals surface area contributed by atoms with E-state index in [0.29, 0.717) is 11.3 Å².